The van der Waals surface area contributed by atoms with E-state index < -0.39 is 23.5 Å². The van der Waals surface area contributed by atoms with Gasteiger partial charge in [-0.3, -0.25) is 9.59 Å². The molecule has 0 aliphatic carbocycles. The van der Waals surface area contributed by atoms with E-state index in [0.29, 0.717) is 22.9 Å². The zero-order valence-corrected chi connectivity index (χ0v) is 19.9. The summed E-state index contributed by atoms with van der Waals surface area (Å²) in [7, 11) is 1.31. The lowest BCUT2D eigenvalue weighted by molar-refractivity contribution is -0.162. The molecule has 0 spiro atoms. The number of aldehydes is 1. The maximum absolute atomic E-state index is 13.9. The first-order valence-electron chi connectivity index (χ1n) is 10.6. The Balaban J connectivity index is 2.22. The third kappa shape index (κ3) is 4.84. The van der Waals surface area contributed by atoms with Crippen molar-refractivity contribution in [2.45, 2.75) is 51.1 Å². The smallest absolute Gasteiger partial charge is 0.306 e. The molecule has 1 aliphatic heterocycles. The van der Waals surface area contributed by atoms with Gasteiger partial charge in [-0.15, -0.1) is 0 Å². The van der Waals surface area contributed by atoms with Crippen LogP contribution in [0.25, 0.3) is 0 Å². The summed E-state index contributed by atoms with van der Waals surface area (Å²) in [6.45, 7) is 3.64. The molecule has 0 radical (unpaired) electrons. The summed E-state index contributed by atoms with van der Waals surface area (Å²) in [6.07, 6.45) is 1.59. The normalized spacial score (nSPS) is 24.2. The number of hydrogen-bond acceptors (Lipinski definition) is 4. The minimum absolute atomic E-state index is 0.0709. The number of carbonyl (C=O) groups is 3. The number of ether oxygens (including phenoxy) is 1. The molecule has 2 aromatic rings. The van der Waals surface area contributed by atoms with Crippen molar-refractivity contribution in [1.29, 1.82) is 0 Å². The Kier molecular flexibility index (Phi) is 7.63. The van der Waals surface area contributed by atoms with Crippen LogP contribution in [0.1, 0.15) is 56.2 Å². The fraction of sp³-hybridized carbons (Fsp3) is 0.400. The summed E-state index contributed by atoms with van der Waals surface area (Å²) in [5.41, 5.74) is 0.777. The van der Waals surface area contributed by atoms with Crippen LogP contribution in [0, 0.1) is 5.41 Å². The van der Waals surface area contributed by atoms with Crippen LogP contribution < -0.4 is 0 Å². The van der Waals surface area contributed by atoms with Crippen molar-refractivity contribution in [3.8, 4) is 0 Å². The molecule has 1 saturated heterocycles. The third-order valence-electron chi connectivity index (χ3n) is 6.29. The molecular formula is C25H27Cl2NO4. The molecule has 1 amide bonds. The van der Waals surface area contributed by atoms with Gasteiger partial charge >= 0.3 is 5.97 Å². The summed E-state index contributed by atoms with van der Waals surface area (Å²) in [5.74, 6) is -0.897. The molecule has 0 N–H and O–H groups in total. The molecule has 1 aliphatic rings. The van der Waals surface area contributed by atoms with E-state index in [2.05, 4.69) is 0 Å². The number of likely N-dealkylation sites (tertiary alicyclic amines) is 1. The van der Waals surface area contributed by atoms with Gasteiger partial charge in [-0.2, -0.15) is 0 Å². The predicted octanol–water partition coefficient (Wildman–Crippen LogP) is 5.60. The first-order chi connectivity index (χ1) is 15.2. The summed E-state index contributed by atoms with van der Waals surface area (Å²) >= 11 is 12.4. The summed E-state index contributed by atoms with van der Waals surface area (Å²) < 4.78 is 4.88. The van der Waals surface area contributed by atoms with Gasteiger partial charge in [0, 0.05) is 16.0 Å². The van der Waals surface area contributed by atoms with Gasteiger partial charge in [0.05, 0.1) is 31.0 Å². The molecule has 4 atom stereocenters. The van der Waals surface area contributed by atoms with Crippen LogP contribution in [0.2, 0.25) is 10.0 Å². The van der Waals surface area contributed by atoms with E-state index in [1.54, 1.807) is 30.0 Å². The first-order valence-corrected chi connectivity index (χ1v) is 11.4. The number of rotatable bonds is 7. The maximum Gasteiger partial charge on any atom is 0.306 e. The van der Waals surface area contributed by atoms with Crippen molar-refractivity contribution in [2.75, 3.05) is 7.11 Å². The maximum atomic E-state index is 13.9. The van der Waals surface area contributed by atoms with Crippen LogP contribution >= 0.6 is 23.2 Å². The Hall–Kier alpha value is -2.37. The molecule has 5 nitrogen and oxygen atoms in total. The topological polar surface area (TPSA) is 63.7 Å². The monoisotopic (exact) mass is 475 g/mol. The standard InChI is InChI=1S/C25H27Cl2NO4/c1-4-20(15-29)28-23(16-8-10-18(26)11-9-16)21(17-6-5-7-19(27)12-17)13-25(2,24(28)31)14-22(30)32-3/h5-12,15,20-21,23H,4,13-14H2,1-3H3/t20?,21?,23-,25-/m1/s1. The van der Waals surface area contributed by atoms with Crippen molar-refractivity contribution in [1.82, 2.24) is 4.90 Å². The average Bonchev–Trinajstić information content (AvgIpc) is 2.78. The molecule has 2 aromatic carbocycles. The Bertz CT molecular complexity index is 994. The second-order valence-corrected chi connectivity index (χ2v) is 9.37. The van der Waals surface area contributed by atoms with Crippen molar-refractivity contribution in [3.63, 3.8) is 0 Å². The summed E-state index contributed by atoms with van der Waals surface area (Å²) in [4.78, 5) is 39.8. The van der Waals surface area contributed by atoms with Gasteiger partial charge in [0.25, 0.3) is 0 Å². The van der Waals surface area contributed by atoms with Crippen molar-refractivity contribution in [3.05, 3.63) is 69.7 Å². The lowest BCUT2D eigenvalue weighted by Gasteiger charge is -2.50. The molecule has 0 bridgehead atoms. The minimum Gasteiger partial charge on any atom is -0.469 e. The Labute approximate surface area is 198 Å². The molecule has 170 valence electrons. The molecular weight excluding hydrogens is 449 g/mol. The Morgan fingerprint density at radius 2 is 1.88 bits per heavy atom. The number of halogens is 2. The number of esters is 1. The quantitative estimate of drug-likeness (QED) is 0.386. The fourth-order valence-corrected chi connectivity index (χ4v) is 4.99. The van der Waals surface area contributed by atoms with E-state index in [9.17, 15) is 14.4 Å². The number of hydrogen-bond donors (Lipinski definition) is 0. The lowest BCUT2D eigenvalue weighted by atomic mass is 9.67. The third-order valence-corrected chi connectivity index (χ3v) is 6.77. The van der Waals surface area contributed by atoms with Crippen LogP contribution in [0.4, 0.5) is 0 Å². The molecule has 1 fully saturated rings. The number of methoxy groups -OCH3 is 1. The van der Waals surface area contributed by atoms with Crippen molar-refractivity contribution < 1.29 is 19.1 Å². The van der Waals surface area contributed by atoms with Crippen molar-refractivity contribution in [2.24, 2.45) is 5.41 Å². The van der Waals surface area contributed by atoms with E-state index in [0.717, 1.165) is 17.4 Å². The van der Waals surface area contributed by atoms with Crippen LogP contribution in [-0.4, -0.2) is 36.2 Å². The van der Waals surface area contributed by atoms with E-state index in [1.807, 2.05) is 37.3 Å². The van der Waals surface area contributed by atoms with E-state index in [1.165, 1.54) is 7.11 Å². The second kappa shape index (κ2) is 10.1. The number of nitrogens with zero attached hydrogens (tertiary/aromatic N) is 1. The zero-order chi connectivity index (χ0) is 23.5. The SMILES string of the molecule is CCC(C=O)N1C(=O)[C@@](C)(CC(=O)OC)CC(c2cccc(Cl)c2)[C@H]1c1ccc(Cl)cc1. The molecule has 0 aromatic heterocycles. The van der Waals surface area contributed by atoms with Gasteiger partial charge in [-0.1, -0.05) is 61.3 Å². The fourth-order valence-electron chi connectivity index (χ4n) is 4.66. The van der Waals surface area contributed by atoms with Crippen LogP contribution in [-0.2, 0) is 19.1 Å². The van der Waals surface area contributed by atoms with Gasteiger partial charge in [-0.25, -0.2) is 0 Å². The van der Waals surface area contributed by atoms with Crippen LogP contribution in [0.5, 0.6) is 0 Å². The number of carbonyl (C=O) groups excluding carboxylic acids is 3. The molecule has 7 heteroatoms. The molecule has 2 unspecified atom stereocenters. The Morgan fingerprint density at radius 1 is 1.19 bits per heavy atom. The highest BCUT2D eigenvalue weighted by molar-refractivity contribution is 6.30. The highest BCUT2D eigenvalue weighted by atomic mass is 35.5. The molecule has 1 heterocycles. The van der Waals surface area contributed by atoms with Crippen molar-refractivity contribution >= 4 is 41.4 Å². The van der Waals surface area contributed by atoms with E-state index in [-0.39, 0.29) is 18.2 Å². The van der Waals surface area contributed by atoms with Gasteiger partial charge in [-0.05, 0) is 48.2 Å². The lowest BCUT2D eigenvalue weighted by Crippen LogP contribution is -2.56. The summed E-state index contributed by atoms with van der Waals surface area (Å²) in [5, 5.41) is 1.16. The van der Waals surface area contributed by atoms with E-state index in [4.69, 9.17) is 27.9 Å². The largest absolute Gasteiger partial charge is 0.469 e. The van der Waals surface area contributed by atoms with Gasteiger partial charge in [0.2, 0.25) is 5.91 Å². The number of piperidine rings is 1. The number of amides is 1. The minimum atomic E-state index is -1.03. The van der Waals surface area contributed by atoms with E-state index >= 15 is 0 Å². The number of benzene rings is 2. The van der Waals surface area contributed by atoms with Gasteiger partial charge in [0.1, 0.15) is 6.29 Å². The molecule has 32 heavy (non-hydrogen) atoms. The van der Waals surface area contributed by atoms with Crippen LogP contribution in [0.3, 0.4) is 0 Å². The Morgan fingerprint density at radius 3 is 2.44 bits per heavy atom. The van der Waals surface area contributed by atoms with Crippen LogP contribution in [0.15, 0.2) is 48.5 Å². The molecule has 0 saturated carbocycles. The average molecular weight is 476 g/mol. The highest BCUT2D eigenvalue weighted by Crippen LogP contribution is 2.52. The highest BCUT2D eigenvalue weighted by Gasteiger charge is 2.52. The van der Waals surface area contributed by atoms with Gasteiger partial charge < -0.3 is 14.4 Å². The summed E-state index contributed by atoms with van der Waals surface area (Å²) in [6, 6.07) is 13.8. The van der Waals surface area contributed by atoms with Gasteiger partial charge in [0.15, 0.2) is 0 Å². The first kappa shape index (κ1) is 24.3. The molecule has 3 rings (SSSR count). The second-order valence-electron chi connectivity index (χ2n) is 8.50. The predicted molar refractivity (Wildman–Crippen MR) is 125 cm³/mol. The zero-order valence-electron chi connectivity index (χ0n) is 18.4.